The summed E-state index contributed by atoms with van der Waals surface area (Å²) in [7, 11) is 0. The molecule has 0 saturated carbocycles. The van der Waals surface area contributed by atoms with E-state index in [1.54, 1.807) is 0 Å². The molecule has 1 rings (SSSR count). The fourth-order valence-electron chi connectivity index (χ4n) is 3.15. The summed E-state index contributed by atoms with van der Waals surface area (Å²) in [5, 5.41) is 3.60. The number of hydrogen-bond acceptors (Lipinski definition) is 2. The number of nitrogens with zero attached hydrogens (tertiary/aromatic N) is 1. The van der Waals surface area contributed by atoms with Gasteiger partial charge in [-0.15, -0.1) is 0 Å². The topological polar surface area (TPSA) is 15.3 Å². The molecule has 1 fully saturated rings. The van der Waals surface area contributed by atoms with Crippen LogP contribution in [0.1, 0.15) is 59.8 Å². The highest BCUT2D eigenvalue weighted by molar-refractivity contribution is 4.82. The normalized spacial score (nSPS) is 29.7. The molecule has 1 aliphatic rings. The molecular formula is C16H34N2. The van der Waals surface area contributed by atoms with E-state index in [4.69, 9.17) is 0 Å². The van der Waals surface area contributed by atoms with Gasteiger partial charge in [0, 0.05) is 25.7 Å². The van der Waals surface area contributed by atoms with Crippen molar-refractivity contribution in [1.82, 2.24) is 10.2 Å². The molecule has 3 unspecified atom stereocenters. The van der Waals surface area contributed by atoms with Crippen molar-refractivity contribution in [3.63, 3.8) is 0 Å². The lowest BCUT2D eigenvalue weighted by Crippen LogP contribution is -2.48. The van der Waals surface area contributed by atoms with Crippen LogP contribution in [0.2, 0.25) is 0 Å². The summed E-state index contributed by atoms with van der Waals surface area (Å²) in [6, 6.07) is 0.767. The molecule has 108 valence electrons. The Morgan fingerprint density at radius 3 is 2.56 bits per heavy atom. The first-order chi connectivity index (χ1) is 8.65. The summed E-state index contributed by atoms with van der Waals surface area (Å²) in [5.41, 5.74) is 0. The monoisotopic (exact) mass is 254 g/mol. The Morgan fingerprint density at radius 1 is 1.06 bits per heavy atom. The van der Waals surface area contributed by atoms with Crippen molar-refractivity contribution < 1.29 is 0 Å². The highest BCUT2D eigenvalue weighted by Crippen LogP contribution is 2.26. The highest BCUT2D eigenvalue weighted by atomic mass is 15.2. The lowest BCUT2D eigenvalue weighted by molar-refractivity contribution is 0.0808. The molecule has 1 N–H and O–H groups in total. The average Bonchev–Trinajstić information content (AvgIpc) is 2.33. The first kappa shape index (κ1) is 16.0. The Balaban J connectivity index is 2.07. The standard InChI is InChI=1S/C16H34N2/c1-5-6-7-8-9-17-10-11-18-13-14(2)12-15(3)16(18)4/h14-17H,5-13H2,1-4H3. The molecule has 0 bridgehead atoms. The SMILES string of the molecule is CCCCCCNCCN1CC(C)CC(C)C1C. The van der Waals surface area contributed by atoms with E-state index >= 15 is 0 Å². The molecule has 18 heavy (non-hydrogen) atoms. The predicted molar refractivity (Wildman–Crippen MR) is 81.0 cm³/mol. The number of piperidine rings is 1. The minimum absolute atomic E-state index is 0.767. The molecule has 0 aromatic rings. The molecule has 0 aromatic heterocycles. The van der Waals surface area contributed by atoms with E-state index in [0.29, 0.717) is 0 Å². The zero-order chi connectivity index (χ0) is 13.4. The third kappa shape index (κ3) is 5.71. The number of unbranched alkanes of at least 4 members (excludes halogenated alkanes) is 3. The summed E-state index contributed by atoms with van der Waals surface area (Å²) in [6.07, 6.45) is 6.86. The zero-order valence-corrected chi connectivity index (χ0v) is 13.0. The van der Waals surface area contributed by atoms with Crippen molar-refractivity contribution in [3.8, 4) is 0 Å². The first-order valence-corrected chi connectivity index (χ1v) is 8.09. The Morgan fingerprint density at radius 2 is 1.83 bits per heavy atom. The largest absolute Gasteiger partial charge is 0.315 e. The molecule has 1 heterocycles. The van der Waals surface area contributed by atoms with Crippen molar-refractivity contribution >= 4 is 0 Å². The molecule has 0 radical (unpaired) electrons. The van der Waals surface area contributed by atoms with Gasteiger partial charge in [-0.3, -0.25) is 4.90 Å². The van der Waals surface area contributed by atoms with Gasteiger partial charge in [-0.2, -0.15) is 0 Å². The van der Waals surface area contributed by atoms with E-state index in [1.807, 2.05) is 0 Å². The Bertz CT molecular complexity index is 205. The molecular weight excluding hydrogens is 220 g/mol. The van der Waals surface area contributed by atoms with Crippen LogP contribution in [0.25, 0.3) is 0 Å². The van der Waals surface area contributed by atoms with Gasteiger partial charge in [0.25, 0.3) is 0 Å². The van der Waals surface area contributed by atoms with E-state index in [9.17, 15) is 0 Å². The molecule has 0 amide bonds. The maximum Gasteiger partial charge on any atom is 0.0110 e. The molecule has 0 aliphatic carbocycles. The summed E-state index contributed by atoms with van der Waals surface area (Å²) >= 11 is 0. The highest BCUT2D eigenvalue weighted by Gasteiger charge is 2.27. The van der Waals surface area contributed by atoms with Gasteiger partial charge in [-0.25, -0.2) is 0 Å². The molecule has 1 saturated heterocycles. The predicted octanol–water partition coefficient (Wildman–Crippen LogP) is 3.52. The van der Waals surface area contributed by atoms with Crippen molar-refractivity contribution in [2.24, 2.45) is 11.8 Å². The van der Waals surface area contributed by atoms with Crippen LogP contribution < -0.4 is 5.32 Å². The van der Waals surface area contributed by atoms with E-state index in [2.05, 4.69) is 37.9 Å². The fourth-order valence-corrected chi connectivity index (χ4v) is 3.15. The summed E-state index contributed by atoms with van der Waals surface area (Å²) in [4.78, 5) is 2.68. The van der Waals surface area contributed by atoms with E-state index in [0.717, 1.165) is 24.4 Å². The summed E-state index contributed by atoms with van der Waals surface area (Å²) < 4.78 is 0. The third-order valence-electron chi connectivity index (χ3n) is 4.50. The molecule has 0 aromatic carbocycles. The first-order valence-electron chi connectivity index (χ1n) is 8.09. The van der Waals surface area contributed by atoms with Crippen LogP contribution in [0.3, 0.4) is 0 Å². The lowest BCUT2D eigenvalue weighted by Gasteiger charge is -2.41. The van der Waals surface area contributed by atoms with E-state index in [-0.39, 0.29) is 0 Å². The second-order valence-electron chi connectivity index (χ2n) is 6.36. The third-order valence-corrected chi connectivity index (χ3v) is 4.50. The van der Waals surface area contributed by atoms with Crippen LogP contribution in [0.4, 0.5) is 0 Å². The molecule has 3 atom stereocenters. The minimum Gasteiger partial charge on any atom is -0.315 e. The number of rotatable bonds is 8. The smallest absolute Gasteiger partial charge is 0.0110 e. The van der Waals surface area contributed by atoms with Crippen molar-refractivity contribution in [2.75, 3.05) is 26.2 Å². The van der Waals surface area contributed by atoms with Gasteiger partial charge in [-0.1, -0.05) is 40.0 Å². The van der Waals surface area contributed by atoms with Crippen LogP contribution in [0.15, 0.2) is 0 Å². The lowest BCUT2D eigenvalue weighted by atomic mass is 9.86. The van der Waals surface area contributed by atoms with Crippen LogP contribution in [-0.2, 0) is 0 Å². The maximum absolute atomic E-state index is 3.60. The Kier molecular flexibility index (Phi) is 7.92. The number of likely N-dealkylation sites (tertiary alicyclic amines) is 1. The van der Waals surface area contributed by atoms with Crippen LogP contribution in [-0.4, -0.2) is 37.1 Å². The van der Waals surface area contributed by atoms with Gasteiger partial charge >= 0.3 is 0 Å². The second kappa shape index (κ2) is 8.92. The van der Waals surface area contributed by atoms with Crippen LogP contribution in [0, 0.1) is 11.8 Å². The number of hydrogen-bond donors (Lipinski definition) is 1. The number of nitrogens with one attached hydrogen (secondary N) is 1. The molecule has 2 heteroatoms. The van der Waals surface area contributed by atoms with E-state index in [1.165, 1.54) is 51.7 Å². The molecule has 2 nitrogen and oxygen atoms in total. The summed E-state index contributed by atoms with van der Waals surface area (Å²) in [5.74, 6) is 1.74. The Labute approximate surface area is 115 Å². The van der Waals surface area contributed by atoms with Gasteiger partial charge in [0.2, 0.25) is 0 Å². The van der Waals surface area contributed by atoms with Gasteiger partial charge < -0.3 is 5.32 Å². The van der Waals surface area contributed by atoms with Crippen LogP contribution in [0.5, 0.6) is 0 Å². The molecule has 1 aliphatic heterocycles. The maximum atomic E-state index is 3.60. The van der Waals surface area contributed by atoms with Gasteiger partial charge in [0.15, 0.2) is 0 Å². The van der Waals surface area contributed by atoms with Gasteiger partial charge in [-0.05, 0) is 38.1 Å². The second-order valence-corrected chi connectivity index (χ2v) is 6.36. The zero-order valence-electron chi connectivity index (χ0n) is 13.0. The fraction of sp³-hybridized carbons (Fsp3) is 1.00. The van der Waals surface area contributed by atoms with Crippen molar-refractivity contribution in [2.45, 2.75) is 65.8 Å². The van der Waals surface area contributed by atoms with Crippen molar-refractivity contribution in [3.05, 3.63) is 0 Å². The summed E-state index contributed by atoms with van der Waals surface area (Å²) in [6.45, 7) is 14.4. The van der Waals surface area contributed by atoms with E-state index < -0.39 is 0 Å². The van der Waals surface area contributed by atoms with Gasteiger partial charge in [0.05, 0.1) is 0 Å². The van der Waals surface area contributed by atoms with Crippen molar-refractivity contribution in [1.29, 1.82) is 0 Å². The Hall–Kier alpha value is -0.0800. The molecule has 0 spiro atoms. The minimum atomic E-state index is 0.767. The average molecular weight is 254 g/mol. The van der Waals surface area contributed by atoms with Crippen LogP contribution >= 0.6 is 0 Å². The quantitative estimate of drug-likeness (QED) is 0.667. The van der Waals surface area contributed by atoms with Gasteiger partial charge in [0.1, 0.15) is 0 Å².